The highest BCUT2D eigenvalue weighted by molar-refractivity contribution is 5.79. The number of carbonyl (C=O) groups excluding carboxylic acids is 1. The zero-order valence-corrected chi connectivity index (χ0v) is 20.5. The van der Waals surface area contributed by atoms with Gasteiger partial charge in [-0.25, -0.2) is 0 Å². The second-order valence-electron chi connectivity index (χ2n) is 13.2. The van der Waals surface area contributed by atoms with E-state index in [1.807, 2.05) is 13.8 Å². The minimum absolute atomic E-state index is 0.434. The van der Waals surface area contributed by atoms with Crippen molar-refractivity contribution in [1.29, 1.82) is 0 Å². The van der Waals surface area contributed by atoms with Crippen molar-refractivity contribution in [2.45, 2.75) is 124 Å². The Morgan fingerprint density at radius 3 is 2.50 bits per heavy atom. The van der Waals surface area contributed by atoms with Gasteiger partial charge in [-0.1, -0.05) is 40.0 Å². The molecule has 0 heterocycles. The molecule has 0 unspecified atom stereocenters. The highest BCUT2D eigenvalue weighted by atomic mass is 16.3. The molecule has 0 bridgehead atoms. The van der Waals surface area contributed by atoms with E-state index in [-0.39, 0.29) is 0 Å². The van der Waals surface area contributed by atoms with Gasteiger partial charge in [0.2, 0.25) is 0 Å². The summed E-state index contributed by atoms with van der Waals surface area (Å²) in [6, 6.07) is 0. The van der Waals surface area contributed by atoms with Crippen LogP contribution < -0.4 is 0 Å². The summed E-state index contributed by atoms with van der Waals surface area (Å²) in [6.07, 6.45) is 16.0. The Morgan fingerprint density at radius 1 is 1.03 bits per heavy atom. The summed E-state index contributed by atoms with van der Waals surface area (Å²) in [7, 11) is 0. The van der Waals surface area contributed by atoms with Crippen LogP contribution in [0.3, 0.4) is 0 Å². The first kappa shape index (κ1) is 22.8. The second kappa shape index (κ2) is 8.20. The molecule has 0 saturated heterocycles. The van der Waals surface area contributed by atoms with Crippen LogP contribution in [0.4, 0.5) is 0 Å². The lowest BCUT2D eigenvalue weighted by molar-refractivity contribution is -0.155. The summed E-state index contributed by atoms with van der Waals surface area (Å²) in [4.78, 5) is 12.1. The summed E-state index contributed by atoms with van der Waals surface area (Å²) in [5, 5.41) is 10.1. The molecule has 0 radical (unpaired) electrons. The number of Topliss-reactive ketones (excluding diaryl/α,β-unsaturated/α-hetero) is 1. The maximum absolute atomic E-state index is 12.1. The lowest BCUT2D eigenvalue weighted by atomic mass is 9.41. The minimum atomic E-state index is -0.522. The lowest BCUT2D eigenvalue weighted by Crippen LogP contribution is -2.56. The normalized spacial score (nSPS) is 45.3. The van der Waals surface area contributed by atoms with Gasteiger partial charge in [0.05, 0.1) is 5.60 Å². The third-order valence-electron chi connectivity index (χ3n) is 10.9. The zero-order valence-electron chi connectivity index (χ0n) is 20.5. The van der Waals surface area contributed by atoms with Crippen LogP contribution in [-0.4, -0.2) is 16.5 Å². The van der Waals surface area contributed by atoms with Gasteiger partial charge < -0.3 is 5.11 Å². The summed E-state index contributed by atoms with van der Waals surface area (Å²) < 4.78 is 0. The molecule has 2 heteroatoms. The lowest BCUT2D eigenvalue weighted by Gasteiger charge is -2.64. The van der Waals surface area contributed by atoms with Crippen LogP contribution >= 0.6 is 0 Å². The van der Waals surface area contributed by atoms with E-state index in [2.05, 4.69) is 20.8 Å². The Hall–Kier alpha value is -0.370. The van der Waals surface area contributed by atoms with Crippen LogP contribution in [0.15, 0.2) is 0 Å². The Kier molecular flexibility index (Phi) is 6.23. The first-order chi connectivity index (χ1) is 14.0. The third kappa shape index (κ3) is 4.04. The van der Waals surface area contributed by atoms with Gasteiger partial charge in [0.15, 0.2) is 0 Å². The van der Waals surface area contributed by atoms with Crippen molar-refractivity contribution in [3.05, 3.63) is 0 Å². The molecule has 4 saturated carbocycles. The van der Waals surface area contributed by atoms with Crippen molar-refractivity contribution < 1.29 is 9.90 Å². The van der Waals surface area contributed by atoms with Crippen molar-refractivity contribution in [1.82, 2.24) is 0 Å². The Balaban J connectivity index is 1.48. The van der Waals surface area contributed by atoms with E-state index in [4.69, 9.17) is 0 Å². The van der Waals surface area contributed by atoms with Crippen LogP contribution in [-0.2, 0) is 4.79 Å². The first-order valence-corrected chi connectivity index (χ1v) is 13.3. The molecule has 4 rings (SSSR count). The van der Waals surface area contributed by atoms with Gasteiger partial charge in [0.25, 0.3) is 0 Å². The topological polar surface area (TPSA) is 37.3 Å². The number of hydrogen-bond donors (Lipinski definition) is 1. The summed E-state index contributed by atoms with van der Waals surface area (Å²) in [5.74, 6) is 5.52. The Bertz CT molecular complexity index is 633. The van der Waals surface area contributed by atoms with Crippen molar-refractivity contribution in [3.8, 4) is 0 Å². The fourth-order valence-electron chi connectivity index (χ4n) is 9.28. The quantitative estimate of drug-likeness (QED) is 0.515. The fraction of sp³-hybridized carbons (Fsp3) is 0.964. The van der Waals surface area contributed by atoms with Gasteiger partial charge in [-0.15, -0.1) is 0 Å². The highest BCUT2D eigenvalue weighted by Crippen LogP contribution is 2.67. The summed E-state index contributed by atoms with van der Waals surface area (Å²) in [6.45, 7) is 11.7. The van der Waals surface area contributed by atoms with Crippen LogP contribution in [0.25, 0.3) is 0 Å². The van der Waals surface area contributed by atoms with Gasteiger partial charge in [-0.05, 0) is 112 Å². The number of carbonyl (C=O) groups is 1. The smallest absolute Gasteiger partial charge is 0.133 e. The average molecular weight is 417 g/mol. The van der Waals surface area contributed by atoms with Gasteiger partial charge in [0, 0.05) is 12.8 Å². The molecule has 0 aromatic heterocycles. The Labute approximate surface area is 186 Å². The predicted molar refractivity (Wildman–Crippen MR) is 124 cm³/mol. The maximum Gasteiger partial charge on any atom is 0.133 e. The molecule has 0 aromatic carbocycles. The maximum atomic E-state index is 12.1. The SMILES string of the molecule is C[C@H](CCCC(C)(C)O)[C@H]1CCC[C@H]2[C@@H]3CC[C@H]4CC(=O)CC[C@]4(C)[C@H]3CC[C@]12C. The van der Waals surface area contributed by atoms with Crippen LogP contribution in [0.1, 0.15) is 118 Å². The van der Waals surface area contributed by atoms with Crippen LogP contribution in [0, 0.1) is 46.3 Å². The third-order valence-corrected chi connectivity index (χ3v) is 10.9. The van der Waals surface area contributed by atoms with Gasteiger partial charge in [0.1, 0.15) is 5.78 Å². The standard InChI is InChI=1S/C28H48O2/c1-19(8-7-15-26(2,3)30)23-9-6-10-24-22-12-11-20-18-21(29)13-16-27(20,4)25(22)14-17-28(23,24)5/h19-20,22-25,30H,6-18H2,1-5H3/t19-,20+,22+,23-,24+,25+,27+,28-/m1/s1. The highest BCUT2D eigenvalue weighted by Gasteiger charge is 2.59. The largest absolute Gasteiger partial charge is 0.390 e. The molecule has 0 aromatic rings. The Morgan fingerprint density at radius 2 is 1.77 bits per heavy atom. The van der Waals surface area contributed by atoms with E-state index in [1.165, 1.54) is 51.4 Å². The van der Waals surface area contributed by atoms with E-state index in [0.717, 1.165) is 61.7 Å². The molecule has 4 aliphatic carbocycles. The van der Waals surface area contributed by atoms with E-state index in [0.29, 0.717) is 22.5 Å². The van der Waals surface area contributed by atoms with E-state index < -0.39 is 5.60 Å². The molecular formula is C28H48O2. The molecule has 1 N–H and O–H groups in total. The van der Waals surface area contributed by atoms with Gasteiger partial charge >= 0.3 is 0 Å². The molecule has 2 nitrogen and oxygen atoms in total. The van der Waals surface area contributed by atoms with Crippen molar-refractivity contribution in [3.63, 3.8) is 0 Å². The van der Waals surface area contributed by atoms with Crippen molar-refractivity contribution >= 4 is 5.78 Å². The van der Waals surface area contributed by atoms with Crippen LogP contribution in [0.5, 0.6) is 0 Å². The van der Waals surface area contributed by atoms with E-state index in [1.54, 1.807) is 0 Å². The molecule has 0 amide bonds. The second-order valence-corrected chi connectivity index (χ2v) is 13.2. The molecular weight excluding hydrogens is 368 g/mol. The van der Waals surface area contributed by atoms with E-state index >= 15 is 0 Å². The number of hydrogen-bond acceptors (Lipinski definition) is 2. The molecule has 4 aliphatic rings. The summed E-state index contributed by atoms with van der Waals surface area (Å²) >= 11 is 0. The van der Waals surface area contributed by atoms with Crippen molar-refractivity contribution in [2.75, 3.05) is 0 Å². The number of rotatable bonds is 5. The molecule has 172 valence electrons. The van der Waals surface area contributed by atoms with Crippen LogP contribution in [0.2, 0.25) is 0 Å². The van der Waals surface area contributed by atoms with Gasteiger partial charge in [-0.3, -0.25) is 4.79 Å². The molecule has 8 atom stereocenters. The van der Waals surface area contributed by atoms with E-state index in [9.17, 15) is 9.90 Å². The first-order valence-electron chi connectivity index (χ1n) is 13.3. The molecule has 4 fully saturated rings. The number of fused-ring (bicyclic) bond motifs is 5. The monoisotopic (exact) mass is 416 g/mol. The molecule has 0 aliphatic heterocycles. The summed E-state index contributed by atoms with van der Waals surface area (Å²) in [5.41, 5.74) is 0.427. The average Bonchev–Trinajstić information content (AvgIpc) is 2.66. The number of ketones is 1. The fourth-order valence-corrected chi connectivity index (χ4v) is 9.28. The van der Waals surface area contributed by atoms with Crippen molar-refractivity contribution in [2.24, 2.45) is 46.3 Å². The minimum Gasteiger partial charge on any atom is -0.390 e. The van der Waals surface area contributed by atoms with Gasteiger partial charge in [-0.2, -0.15) is 0 Å². The zero-order chi connectivity index (χ0) is 21.7. The molecule has 30 heavy (non-hydrogen) atoms. The molecule has 0 spiro atoms. The number of aliphatic hydroxyl groups is 1. The predicted octanol–water partition coefficient (Wildman–Crippen LogP) is 7.18.